The molecule has 2 aliphatic rings. The number of carbonyl (C=O) groups is 2. The summed E-state index contributed by atoms with van der Waals surface area (Å²) in [6.45, 7) is 3.35. The van der Waals surface area contributed by atoms with Gasteiger partial charge in [0.25, 0.3) is 0 Å². The highest BCUT2D eigenvalue weighted by molar-refractivity contribution is 5.97. The van der Waals surface area contributed by atoms with Crippen LogP contribution in [0.25, 0.3) is 0 Å². The van der Waals surface area contributed by atoms with Crippen molar-refractivity contribution >= 4 is 11.9 Å². The molecule has 0 aliphatic carbocycles. The van der Waals surface area contributed by atoms with Crippen LogP contribution in [0.5, 0.6) is 11.5 Å². The first-order valence-corrected chi connectivity index (χ1v) is 13.4. The van der Waals surface area contributed by atoms with Gasteiger partial charge in [0.1, 0.15) is 23.3 Å². The van der Waals surface area contributed by atoms with Crippen LogP contribution in [-0.4, -0.2) is 69.6 Å². The standard InChI is InChI=1S/C31H35N3O6/c1-21-19-34(30(36)33-29(21)35)28-18-32-17-27(40-28)20-39-31(22-7-5-4-6-8-22,23-9-13-25(37-2)14-10-23)24-11-15-26(38-3)16-12-24/h4-16,21,27-28,32H,17-20H2,1-3H3,(H,33,35,36)/t21?,27-,28+/m0/s1. The van der Waals surface area contributed by atoms with Gasteiger partial charge >= 0.3 is 6.03 Å². The molecule has 0 spiro atoms. The van der Waals surface area contributed by atoms with Gasteiger partial charge in [-0.25, -0.2) is 4.79 Å². The lowest BCUT2D eigenvalue weighted by atomic mass is 9.80. The SMILES string of the molecule is COc1ccc(C(OC[C@@H]2CNC[C@H](N3CC(C)C(=O)NC3=O)O2)(c2ccccc2)c2ccc(OC)cc2)cc1. The summed E-state index contributed by atoms with van der Waals surface area (Å²) in [4.78, 5) is 26.1. The Morgan fingerprint density at radius 2 is 1.43 bits per heavy atom. The molecule has 9 nitrogen and oxygen atoms in total. The number of hydrogen-bond donors (Lipinski definition) is 2. The number of nitrogens with one attached hydrogen (secondary N) is 2. The van der Waals surface area contributed by atoms with Crippen molar-refractivity contribution in [3.8, 4) is 11.5 Å². The highest BCUT2D eigenvalue weighted by Crippen LogP contribution is 2.42. The number of nitrogens with zero attached hydrogens (tertiary/aromatic N) is 1. The second kappa shape index (κ2) is 12.1. The number of carbonyl (C=O) groups excluding carboxylic acids is 2. The van der Waals surface area contributed by atoms with E-state index in [1.54, 1.807) is 26.0 Å². The van der Waals surface area contributed by atoms with Gasteiger partial charge in [0.2, 0.25) is 5.91 Å². The summed E-state index contributed by atoms with van der Waals surface area (Å²) in [7, 11) is 3.28. The second-order valence-corrected chi connectivity index (χ2v) is 10.0. The highest BCUT2D eigenvalue weighted by Gasteiger charge is 2.41. The van der Waals surface area contributed by atoms with E-state index in [1.165, 1.54) is 0 Å². The average molecular weight is 546 g/mol. The third-order valence-corrected chi connectivity index (χ3v) is 7.46. The zero-order valence-electron chi connectivity index (χ0n) is 23.0. The Morgan fingerprint density at radius 3 is 2.00 bits per heavy atom. The molecule has 2 aliphatic heterocycles. The minimum atomic E-state index is -0.973. The number of methoxy groups -OCH3 is 2. The molecule has 2 N–H and O–H groups in total. The first-order chi connectivity index (χ1) is 19.4. The molecule has 3 aromatic rings. The van der Waals surface area contributed by atoms with Crippen molar-refractivity contribution in [2.24, 2.45) is 5.92 Å². The van der Waals surface area contributed by atoms with Crippen LogP contribution in [-0.2, 0) is 19.9 Å². The number of benzene rings is 3. The van der Waals surface area contributed by atoms with Gasteiger partial charge in [-0.1, -0.05) is 61.5 Å². The van der Waals surface area contributed by atoms with Gasteiger partial charge in [-0.2, -0.15) is 0 Å². The first-order valence-electron chi connectivity index (χ1n) is 13.4. The van der Waals surface area contributed by atoms with Crippen molar-refractivity contribution in [3.63, 3.8) is 0 Å². The number of hydrogen-bond acceptors (Lipinski definition) is 7. The van der Waals surface area contributed by atoms with E-state index < -0.39 is 17.9 Å². The fourth-order valence-corrected chi connectivity index (χ4v) is 5.27. The molecule has 40 heavy (non-hydrogen) atoms. The highest BCUT2D eigenvalue weighted by atomic mass is 16.6. The Kier molecular flexibility index (Phi) is 8.35. The van der Waals surface area contributed by atoms with Crippen molar-refractivity contribution in [2.45, 2.75) is 24.9 Å². The smallest absolute Gasteiger partial charge is 0.326 e. The molecule has 2 heterocycles. The van der Waals surface area contributed by atoms with Gasteiger partial charge in [0, 0.05) is 19.6 Å². The lowest BCUT2D eigenvalue weighted by molar-refractivity contribution is -0.148. The monoisotopic (exact) mass is 545 g/mol. The van der Waals surface area contributed by atoms with E-state index in [0.717, 1.165) is 28.2 Å². The number of imide groups is 1. The van der Waals surface area contributed by atoms with Crippen molar-refractivity contribution in [1.29, 1.82) is 0 Å². The van der Waals surface area contributed by atoms with Crippen LogP contribution in [0.15, 0.2) is 78.9 Å². The number of morpholine rings is 1. The van der Waals surface area contributed by atoms with Crippen LogP contribution in [0.2, 0.25) is 0 Å². The summed E-state index contributed by atoms with van der Waals surface area (Å²) < 4.78 is 24.2. The molecule has 0 radical (unpaired) electrons. The predicted octanol–water partition coefficient (Wildman–Crippen LogP) is 3.51. The molecule has 0 aromatic heterocycles. The Morgan fingerprint density at radius 1 is 0.850 bits per heavy atom. The quantitative estimate of drug-likeness (QED) is 0.397. The molecular weight excluding hydrogens is 510 g/mol. The van der Waals surface area contributed by atoms with Crippen molar-refractivity contribution in [1.82, 2.24) is 15.5 Å². The maximum atomic E-state index is 12.6. The van der Waals surface area contributed by atoms with Crippen molar-refractivity contribution < 1.29 is 28.5 Å². The molecule has 3 aromatic carbocycles. The fraction of sp³-hybridized carbons (Fsp3) is 0.355. The van der Waals surface area contributed by atoms with Gasteiger partial charge in [0.15, 0.2) is 0 Å². The van der Waals surface area contributed by atoms with E-state index in [0.29, 0.717) is 19.6 Å². The molecule has 2 fully saturated rings. The summed E-state index contributed by atoms with van der Waals surface area (Å²) in [5, 5.41) is 5.79. The number of rotatable bonds is 9. The van der Waals surface area contributed by atoms with Crippen LogP contribution in [0.4, 0.5) is 4.79 Å². The van der Waals surface area contributed by atoms with Crippen LogP contribution in [0.3, 0.4) is 0 Å². The van der Waals surface area contributed by atoms with Crippen molar-refractivity contribution in [3.05, 3.63) is 95.6 Å². The predicted molar refractivity (Wildman–Crippen MR) is 149 cm³/mol. The summed E-state index contributed by atoms with van der Waals surface area (Å²) in [6, 6.07) is 25.3. The van der Waals surface area contributed by atoms with Gasteiger partial charge in [0.05, 0.1) is 32.8 Å². The summed E-state index contributed by atoms with van der Waals surface area (Å²) in [5.41, 5.74) is 1.83. The van der Waals surface area contributed by atoms with Crippen LogP contribution >= 0.6 is 0 Å². The maximum Gasteiger partial charge on any atom is 0.326 e. The van der Waals surface area contributed by atoms with Crippen LogP contribution < -0.4 is 20.1 Å². The minimum Gasteiger partial charge on any atom is -0.497 e. The second-order valence-electron chi connectivity index (χ2n) is 10.0. The first kappa shape index (κ1) is 27.6. The van der Waals surface area contributed by atoms with E-state index in [2.05, 4.69) is 10.6 Å². The maximum absolute atomic E-state index is 12.6. The van der Waals surface area contributed by atoms with E-state index in [9.17, 15) is 9.59 Å². The van der Waals surface area contributed by atoms with E-state index in [1.807, 2.05) is 78.9 Å². The van der Waals surface area contributed by atoms with Crippen LogP contribution in [0.1, 0.15) is 23.6 Å². The largest absolute Gasteiger partial charge is 0.497 e. The molecule has 210 valence electrons. The molecule has 3 amide bonds. The van der Waals surface area contributed by atoms with E-state index in [4.69, 9.17) is 18.9 Å². The summed E-state index contributed by atoms with van der Waals surface area (Å²) >= 11 is 0. The molecular formula is C31H35N3O6. The van der Waals surface area contributed by atoms with E-state index >= 15 is 0 Å². The minimum absolute atomic E-state index is 0.237. The molecule has 5 rings (SSSR count). The van der Waals surface area contributed by atoms with Gasteiger partial charge in [-0.05, 0) is 41.0 Å². The summed E-state index contributed by atoms with van der Waals surface area (Å²) in [5.74, 6) is 0.913. The molecule has 2 saturated heterocycles. The third kappa shape index (κ3) is 5.54. The zero-order chi connectivity index (χ0) is 28.1. The molecule has 0 saturated carbocycles. The Labute approximate surface area is 234 Å². The lowest BCUT2D eigenvalue weighted by Crippen LogP contribution is -2.62. The molecule has 0 bridgehead atoms. The average Bonchev–Trinajstić information content (AvgIpc) is 3.00. The number of amides is 3. The van der Waals surface area contributed by atoms with Crippen LogP contribution in [0, 0.1) is 5.92 Å². The number of urea groups is 1. The van der Waals surface area contributed by atoms with Gasteiger partial charge in [-0.15, -0.1) is 0 Å². The topological polar surface area (TPSA) is 98.4 Å². The van der Waals surface area contributed by atoms with Gasteiger partial charge < -0.3 is 24.3 Å². The third-order valence-electron chi connectivity index (χ3n) is 7.46. The van der Waals surface area contributed by atoms with Crippen molar-refractivity contribution in [2.75, 3.05) is 40.5 Å². The Hall–Kier alpha value is -3.92. The van der Waals surface area contributed by atoms with E-state index in [-0.39, 0.29) is 24.5 Å². The van der Waals surface area contributed by atoms with Gasteiger partial charge in [-0.3, -0.25) is 15.0 Å². The zero-order valence-corrected chi connectivity index (χ0v) is 23.0. The Bertz CT molecular complexity index is 1250. The number of ether oxygens (including phenoxy) is 4. The normalized spacial score (nSPS) is 21.6. The fourth-order valence-electron chi connectivity index (χ4n) is 5.27. The summed E-state index contributed by atoms with van der Waals surface area (Å²) in [6.07, 6.45) is -0.870. The molecule has 9 heteroatoms. The lowest BCUT2D eigenvalue weighted by Gasteiger charge is -2.42. The Balaban J connectivity index is 1.48. The molecule has 1 unspecified atom stereocenters. The molecule has 3 atom stereocenters.